The predicted octanol–water partition coefficient (Wildman–Crippen LogP) is 12.9. The molecular weight excluding hydrogens is 757 g/mol. The highest BCUT2D eigenvalue weighted by atomic mass is 16.2. The maximum absolute atomic E-state index is 13.3. The Morgan fingerprint density at radius 3 is 1.28 bits per heavy atom. The molecule has 2 aromatic carbocycles. The summed E-state index contributed by atoms with van der Waals surface area (Å²) in [5, 5.41) is 11.7. The van der Waals surface area contributed by atoms with Crippen molar-refractivity contribution in [1.82, 2.24) is 21.3 Å². The lowest BCUT2D eigenvalue weighted by Gasteiger charge is -2.19. The molecule has 4 amide bonds. The zero-order valence-corrected chi connectivity index (χ0v) is 38.9. The Hall–Kier alpha value is -3.68. The average Bonchev–Trinajstić information content (AvgIpc) is 3.28. The molecule has 0 spiro atoms. The van der Waals surface area contributed by atoms with Crippen LogP contribution in [0.25, 0.3) is 11.1 Å². The largest absolute Gasteiger partial charge is 0.356 e. The fourth-order valence-corrected chi connectivity index (χ4v) is 7.94. The van der Waals surface area contributed by atoms with E-state index < -0.39 is 6.04 Å². The molecule has 0 fully saturated rings. The molecule has 0 unspecified atom stereocenters. The Bertz CT molecular complexity index is 1380. The summed E-state index contributed by atoms with van der Waals surface area (Å²) in [6, 6.07) is 16.5. The quantitative estimate of drug-likeness (QED) is 0.0500. The second-order valence-electron chi connectivity index (χ2n) is 17.4. The normalized spacial score (nSPS) is 11.6. The second kappa shape index (κ2) is 38.0. The van der Waals surface area contributed by atoms with Gasteiger partial charge in [-0.15, -0.1) is 0 Å². The van der Waals surface area contributed by atoms with Crippen LogP contribution < -0.4 is 21.3 Å². The van der Waals surface area contributed by atoms with E-state index in [-0.39, 0.29) is 49.4 Å². The number of hydrogen-bond donors (Lipinski definition) is 4. The molecule has 0 saturated heterocycles. The van der Waals surface area contributed by atoms with Crippen LogP contribution >= 0.6 is 0 Å². The fourth-order valence-electron chi connectivity index (χ4n) is 7.94. The van der Waals surface area contributed by atoms with Crippen molar-refractivity contribution < 1.29 is 19.2 Å². The van der Waals surface area contributed by atoms with E-state index in [9.17, 15) is 19.2 Å². The van der Waals surface area contributed by atoms with E-state index in [0.29, 0.717) is 18.7 Å². The maximum Gasteiger partial charge on any atom is 0.251 e. The topological polar surface area (TPSA) is 116 Å². The van der Waals surface area contributed by atoms with Gasteiger partial charge in [0.05, 0.1) is 0 Å². The number of carbonyl (C=O) groups excluding carboxylic acids is 4. The minimum absolute atomic E-state index is 0.0297. The van der Waals surface area contributed by atoms with Crippen molar-refractivity contribution in [3.05, 3.63) is 60.2 Å². The average molecular weight is 845 g/mol. The fraction of sp³-hybridized carbons (Fsp3) is 0.698. The van der Waals surface area contributed by atoms with E-state index in [1.54, 1.807) is 12.1 Å². The summed E-state index contributed by atoms with van der Waals surface area (Å²) in [6.07, 6.45) is 36.3. The van der Waals surface area contributed by atoms with E-state index in [4.69, 9.17) is 0 Å². The van der Waals surface area contributed by atoms with Crippen LogP contribution in [0.1, 0.15) is 223 Å². The highest BCUT2D eigenvalue weighted by Crippen LogP contribution is 2.19. The zero-order chi connectivity index (χ0) is 43.9. The molecule has 0 bridgehead atoms. The van der Waals surface area contributed by atoms with Gasteiger partial charge in [-0.05, 0) is 42.5 Å². The van der Waals surface area contributed by atoms with Crippen LogP contribution in [-0.2, 0) is 14.4 Å². The molecule has 0 aliphatic rings. The summed E-state index contributed by atoms with van der Waals surface area (Å²) >= 11 is 0. The molecule has 344 valence electrons. The number of carbonyl (C=O) groups is 4. The van der Waals surface area contributed by atoms with Gasteiger partial charge in [0.15, 0.2) is 0 Å². The first kappa shape index (κ1) is 53.5. The Labute approximate surface area is 372 Å². The highest BCUT2D eigenvalue weighted by Gasteiger charge is 2.22. The zero-order valence-electron chi connectivity index (χ0n) is 38.9. The number of benzene rings is 2. The van der Waals surface area contributed by atoms with E-state index in [1.807, 2.05) is 42.5 Å². The van der Waals surface area contributed by atoms with Gasteiger partial charge in [-0.2, -0.15) is 0 Å². The first-order valence-corrected chi connectivity index (χ1v) is 25.2. The Kier molecular flexibility index (Phi) is 33.3. The van der Waals surface area contributed by atoms with Gasteiger partial charge in [-0.3, -0.25) is 19.2 Å². The van der Waals surface area contributed by atoms with Crippen LogP contribution in [0, 0.1) is 0 Å². The minimum Gasteiger partial charge on any atom is -0.356 e. The van der Waals surface area contributed by atoms with E-state index in [2.05, 4.69) is 35.1 Å². The monoisotopic (exact) mass is 845 g/mol. The molecule has 61 heavy (non-hydrogen) atoms. The van der Waals surface area contributed by atoms with E-state index >= 15 is 0 Å². The summed E-state index contributed by atoms with van der Waals surface area (Å²) in [5.74, 6) is -0.950. The molecule has 1 atom stereocenters. The Morgan fingerprint density at radius 2 is 0.820 bits per heavy atom. The maximum atomic E-state index is 13.3. The molecule has 0 radical (unpaired) electrons. The van der Waals surface area contributed by atoms with Crippen LogP contribution in [0.5, 0.6) is 0 Å². The van der Waals surface area contributed by atoms with Crippen LogP contribution in [0.3, 0.4) is 0 Å². The molecule has 0 aromatic heterocycles. The van der Waals surface area contributed by atoms with Gasteiger partial charge in [-0.25, -0.2) is 0 Å². The van der Waals surface area contributed by atoms with Crippen molar-refractivity contribution in [2.45, 2.75) is 219 Å². The standard InChI is InChI=1S/C53H88N4O4/c1-3-5-7-9-11-13-15-17-19-21-23-25-27-32-43-54-50(58)41-40-49(53(61)55-44-33-28-26-24-22-20-18-16-14-12-10-8-6-4-2)57-51(59)42-45-56-52(60)48-38-36-47(37-39-48)46-34-30-29-31-35-46/h29-31,34-39,49H,3-28,32-33,40-45H2,1-2H3,(H,54,58)(H,55,61)(H,56,60)(H,57,59)/t49-/m0/s1. The smallest absolute Gasteiger partial charge is 0.251 e. The molecule has 0 aliphatic carbocycles. The lowest BCUT2D eigenvalue weighted by Crippen LogP contribution is -2.48. The summed E-state index contributed by atoms with van der Waals surface area (Å²) in [5.41, 5.74) is 2.61. The molecule has 2 aromatic rings. The molecule has 0 aliphatic heterocycles. The second-order valence-corrected chi connectivity index (χ2v) is 17.4. The van der Waals surface area contributed by atoms with Crippen LogP contribution in [-0.4, -0.2) is 49.3 Å². The van der Waals surface area contributed by atoms with E-state index in [1.165, 1.54) is 148 Å². The summed E-state index contributed by atoms with van der Waals surface area (Å²) < 4.78 is 0. The van der Waals surface area contributed by atoms with Crippen molar-refractivity contribution in [2.75, 3.05) is 19.6 Å². The van der Waals surface area contributed by atoms with Crippen LogP contribution in [0.15, 0.2) is 54.6 Å². The SMILES string of the molecule is CCCCCCCCCCCCCCCCNC(=O)CC[C@H](NC(=O)CCNC(=O)c1ccc(-c2ccccc2)cc1)C(=O)NCCCCCCCCCCCCCCCC. The van der Waals surface area contributed by atoms with Crippen molar-refractivity contribution in [2.24, 2.45) is 0 Å². The van der Waals surface area contributed by atoms with E-state index in [0.717, 1.165) is 43.2 Å². The van der Waals surface area contributed by atoms with Crippen molar-refractivity contribution in [1.29, 1.82) is 0 Å². The van der Waals surface area contributed by atoms with Gasteiger partial charge in [0.2, 0.25) is 17.7 Å². The number of amides is 4. The van der Waals surface area contributed by atoms with Crippen molar-refractivity contribution in [3.63, 3.8) is 0 Å². The lowest BCUT2D eigenvalue weighted by molar-refractivity contribution is -0.129. The molecular formula is C53H88N4O4. The van der Waals surface area contributed by atoms with Crippen LogP contribution in [0.4, 0.5) is 0 Å². The first-order valence-electron chi connectivity index (χ1n) is 25.2. The summed E-state index contributed by atoms with van der Waals surface area (Å²) in [7, 11) is 0. The van der Waals surface area contributed by atoms with Gasteiger partial charge >= 0.3 is 0 Å². The van der Waals surface area contributed by atoms with Gasteiger partial charge in [0, 0.05) is 38.0 Å². The molecule has 0 saturated carbocycles. The molecule has 8 nitrogen and oxygen atoms in total. The van der Waals surface area contributed by atoms with Crippen molar-refractivity contribution >= 4 is 23.6 Å². The van der Waals surface area contributed by atoms with Gasteiger partial charge < -0.3 is 21.3 Å². The Balaban J connectivity index is 1.67. The van der Waals surface area contributed by atoms with Crippen molar-refractivity contribution in [3.8, 4) is 11.1 Å². The Morgan fingerprint density at radius 1 is 0.410 bits per heavy atom. The number of unbranched alkanes of at least 4 members (excludes halogenated alkanes) is 26. The first-order chi connectivity index (χ1) is 29.9. The molecule has 8 heteroatoms. The van der Waals surface area contributed by atoms with Gasteiger partial charge in [0.1, 0.15) is 6.04 Å². The van der Waals surface area contributed by atoms with Gasteiger partial charge in [0.25, 0.3) is 5.91 Å². The molecule has 0 heterocycles. The van der Waals surface area contributed by atoms with Gasteiger partial charge in [-0.1, -0.05) is 223 Å². The number of rotatable bonds is 40. The minimum atomic E-state index is -0.813. The third-order valence-corrected chi connectivity index (χ3v) is 11.9. The lowest BCUT2D eigenvalue weighted by atomic mass is 10.0. The third kappa shape index (κ3) is 29.3. The summed E-state index contributed by atoms with van der Waals surface area (Å²) in [4.78, 5) is 51.9. The van der Waals surface area contributed by atoms with Crippen LogP contribution in [0.2, 0.25) is 0 Å². The number of nitrogens with one attached hydrogen (secondary N) is 4. The highest BCUT2D eigenvalue weighted by molar-refractivity contribution is 5.95. The predicted molar refractivity (Wildman–Crippen MR) is 257 cm³/mol. The molecule has 2 rings (SSSR count). The summed E-state index contributed by atoms with van der Waals surface area (Å²) in [6.45, 7) is 5.85. The third-order valence-electron chi connectivity index (χ3n) is 11.9. The molecule has 4 N–H and O–H groups in total. The number of hydrogen-bond acceptors (Lipinski definition) is 4.